The van der Waals surface area contributed by atoms with Crippen molar-refractivity contribution in [2.45, 2.75) is 13.0 Å². The first-order valence-corrected chi connectivity index (χ1v) is 5.98. The fourth-order valence-corrected chi connectivity index (χ4v) is 2.17. The zero-order chi connectivity index (χ0) is 12.5. The third-order valence-electron chi connectivity index (χ3n) is 2.97. The van der Waals surface area contributed by atoms with Crippen molar-refractivity contribution in [3.05, 3.63) is 60.4 Å². The van der Waals surface area contributed by atoms with Crippen molar-refractivity contribution >= 4 is 11.0 Å². The molecule has 18 heavy (non-hydrogen) atoms. The molecule has 3 aromatic rings. The van der Waals surface area contributed by atoms with E-state index in [9.17, 15) is 5.11 Å². The van der Waals surface area contributed by atoms with Crippen LogP contribution in [0.1, 0.15) is 18.9 Å². The van der Waals surface area contributed by atoms with Gasteiger partial charge < -0.3 is 5.11 Å². The van der Waals surface area contributed by atoms with Crippen LogP contribution >= 0.6 is 0 Å². The third-order valence-corrected chi connectivity index (χ3v) is 2.97. The van der Waals surface area contributed by atoms with Gasteiger partial charge in [0.05, 0.1) is 11.0 Å². The molecule has 3 heteroatoms. The molecule has 0 fully saturated rings. The van der Waals surface area contributed by atoms with Gasteiger partial charge in [0.1, 0.15) is 11.9 Å². The Kier molecular flexibility index (Phi) is 2.61. The molecular formula is C15H14N2O. The molecule has 0 aliphatic carbocycles. The second-order valence-electron chi connectivity index (χ2n) is 4.31. The van der Waals surface area contributed by atoms with Gasteiger partial charge >= 0.3 is 0 Å². The largest absolute Gasteiger partial charge is 0.385 e. The number of imidazole rings is 1. The summed E-state index contributed by atoms with van der Waals surface area (Å²) in [6, 6.07) is 17.9. The molecule has 3 rings (SSSR count). The minimum atomic E-state index is -0.599. The maximum absolute atomic E-state index is 9.88. The summed E-state index contributed by atoms with van der Waals surface area (Å²) >= 11 is 0. The van der Waals surface area contributed by atoms with Crippen molar-refractivity contribution in [2.24, 2.45) is 0 Å². The molecule has 0 aliphatic rings. The Morgan fingerprint density at radius 3 is 2.39 bits per heavy atom. The van der Waals surface area contributed by atoms with E-state index in [0.717, 1.165) is 16.7 Å². The lowest BCUT2D eigenvalue weighted by atomic mass is 10.2. The molecule has 0 radical (unpaired) electrons. The van der Waals surface area contributed by atoms with Crippen LogP contribution in [0.25, 0.3) is 16.7 Å². The van der Waals surface area contributed by atoms with Gasteiger partial charge in [-0.3, -0.25) is 4.57 Å². The Bertz CT molecular complexity index is 671. The van der Waals surface area contributed by atoms with E-state index in [1.165, 1.54) is 0 Å². The lowest BCUT2D eigenvalue weighted by Crippen LogP contribution is -2.04. The second kappa shape index (κ2) is 4.27. The predicted octanol–water partition coefficient (Wildman–Crippen LogP) is 3.08. The summed E-state index contributed by atoms with van der Waals surface area (Å²) in [5.74, 6) is 0.669. The highest BCUT2D eigenvalue weighted by atomic mass is 16.3. The number of benzene rings is 2. The van der Waals surface area contributed by atoms with E-state index in [2.05, 4.69) is 4.98 Å². The molecule has 1 atom stereocenters. The zero-order valence-corrected chi connectivity index (χ0v) is 10.1. The number of fused-ring (bicyclic) bond motifs is 1. The highest BCUT2D eigenvalue weighted by Crippen LogP contribution is 2.24. The minimum absolute atomic E-state index is 0.599. The molecule has 0 aliphatic heterocycles. The topological polar surface area (TPSA) is 38.1 Å². The van der Waals surface area contributed by atoms with Crippen LogP contribution in [0.3, 0.4) is 0 Å². The number of hydrogen-bond donors (Lipinski definition) is 1. The molecule has 0 spiro atoms. The van der Waals surface area contributed by atoms with Crippen molar-refractivity contribution in [1.82, 2.24) is 9.55 Å². The van der Waals surface area contributed by atoms with Gasteiger partial charge in [-0.25, -0.2) is 4.98 Å². The van der Waals surface area contributed by atoms with Gasteiger partial charge in [-0.15, -0.1) is 0 Å². The number of nitrogens with zero attached hydrogens (tertiary/aromatic N) is 2. The number of hydrogen-bond acceptors (Lipinski definition) is 2. The Hall–Kier alpha value is -2.13. The van der Waals surface area contributed by atoms with Crippen LogP contribution in [0, 0.1) is 0 Å². The van der Waals surface area contributed by atoms with Crippen LogP contribution < -0.4 is 0 Å². The molecule has 1 N–H and O–H groups in total. The molecule has 0 saturated carbocycles. The van der Waals surface area contributed by atoms with Crippen LogP contribution in [-0.4, -0.2) is 14.7 Å². The summed E-state index contributed by atoms with van der Waals surface area (Å²) in [4.78, 5) is 4.50. The number of aromatic nitrogens is 2. The van der Waals surface area contributed by atoms with E-state index in [4.69, 9.17) is 0 Å². The molecule has 1 unspecified atom stereocenters. The Morgan fingerprint density at radius 2 is 1.67 bits per heavy atom. The maximum atomic E-state index is 9.88. The van der Waals surface area contributed by atoms with Crippen molar-refractivity contribution in [2.75, 3.05) is 0 Å². The van der Waals surface area contributed by atoms with Crippen LogP contribution in [0.4, 0.5) is 0 Å². The van der Waals surface area contributed by atoms with E-state index in [1.807, 2.05) is 59.2 Å². The average Bonchev–Trinajstić information content (AvgIpc) is 2.79. The first-order chi connectivity index (χ1) is 8.77. The van der Waals surface area contributed by atoms with E-state index in [1.54, 1.807) is 6.92 Å². The fourth-order valence-electron chi connectivity index (χ4n) is 2.17. The normalized spacial score (nSPS) is 12.8. The van der Waals surface area contributed by atoms with Crippen LogP contribution in [-0.2, 0) is 0 Å². The van der Waals surface area contributed by atoms with E-state index in [0.29, 0.717) is 5.82 Å². The predicted molar refractivity (Wildman–Crippen MR) is 71.7 cm³/mol. The second-order valence-corrected chi connectivity index (χ2v) is 4.31. The highest BCUT2D eigenvalue weighted by molar-refractivity contribution is 5.78. The Balaban J connectivity index is 2.35. The van der Waals surface area contributed by atoms with E-state index >= 15 is 0 Å². The molecule has 0 saturated heterocycles. The Labute approximate surface area is 105 Å². The standard InChI is InChI=1S/C15H14N2O/c1-11(18)15-16-13-9-5-6-10-14(13)17(15)12-7-3-2-4-8-12/h2-11,18H,1H3. The molecule has 1 heterocycles. The lowest BCUT2D eigenvalue weighted by molar-refractivity contribution is 0.187. The quantitative estimate of drug-likeness (QED) is 0.745. The van der Waals surface area contributed by atoms with Crippen molar-refractivity contribution < 1.29 is 5.11 Å². The van der Waals surface area contributed by atoms with Crippen LogP contribution in [0.5, 0.6) is 0 Å². The third kappa shape index (κ3) is 1.69. The Morgan fingerprint density at radius 1 is 1.00 bits per heavy atom. The monoisotopic (exact) mass is 238 g/mol. The molecule has 0 amide bonds. The van der Waals surface area contributed by atoms with Gasteiger partial charge in [0.2, 0.25) is 0 Å². The molecule has 2 aromatic carbocycles. The van der Waals surface area contributed by atoms with Gasteiger partial charge in [-0.2, -0.15) is 0 Å². The zero-order valence-electron chi connectivity index (χ0n) is 10.1. The minimum Gasteiger partial charge on any atom is -0.385 e. The van der Waals surface area contributed by atoms with Crippen LogP contribution in [0.15, 0.2) is 54.6 Å². The van der Waals surface area contributed by atoms with Gasteiger partial charge in [0.15, 0.2) is 0 Å². The summed E-state index contributed by atoms with van der Waals surface area (Å²) in [6.45, 7) is 1.74. The molecule has 3 nitrogen and oxygen atoms in total. The van der Waals surface area contributed by atoms with Crippen LogP contribution in [0.2, 0.25) is 0 Å². The summed E-state index contributed by atoms with van der Waals surface area (Å²) in [5, 5.41) is 9.88. The first-order valence-electron chi connectivity index (χ1n) is 5.98. The number of aliphatic hydroxyl groups excluding tert-OH is 1. The maximum Gasteiger partial charge on any atom is 0.143 e. The number of rotatable bonds is 2. The van der Waals surface area contributed by atoms with Gasteiger partial charge in [0.25, 0.3) is 0 Å². The summed E-state index contributed by atoms with van der Waals surface area (Å²) in [5.41, 5.74) is 2.93. The van der Waals surface area contributed by atoms with Crippen molar-refractivity contribution in [1.29, 1.82) is 0 Å². The van der Waals surface area contributed by atoms with E-state index < -0.39 is 6.10 Å². The van der Waals surface area contributed by atoms with Crippen molar-refractivity contribution in [3.63, 3.8) is 0 Å². The molecular weight excluding hydrogens is 224 g/mol. The fraction of sp³-hybridized carbons (Fsp3) is 0.133. The number of aliphatic hydroxyl groups is 1. The summed E-state index contributed by atoms with van der Waals surface area (Å²) < 4.78 is 2.00. The van der Waals surface area contributed by atoms with Gasteiger partial charge in [-0.1, -0.05) is 30.3 Å². The van der Waals surface area contributed by atoms with E-state index in [-0.39, 0.29) is 0 Å². The van der Waals surface area contributed by atoms with Gasteiger partial charge in [0, 0.05) is 5.69 Å². The summed E-state index contributed by atoms with van der Waals surface area (Å²) in [6.07, 6.45) is -0.599. The average molecular weight is 238 g/mol. The molecule has 1 aromatic heterocycles. The first kappa shape index (κ1) is 11.0. The molecule has 0 bridgehead atoms. The SMILES string of the molecule is CC(O)c1nc2ccccc2n1-c1ccccc1. The van der Waals surface area contributed by atoms with Gasteiger partial charge in [-0.05, 0) is 31.2 Å². The summed E-state index contributed by atoms with van der Waals surface area (Å²) in [7, 11) is 0. The number of para-hydroxylation sites is 3. The lowest BCUT2D eigenvalue weighted by Gasteiger charge is -2.10. The van der Waals surface area contributed by atoms with Crippen molar-refractivity contribution in [3.8, 4) is 5.69 Å². The smallest absolute Gasteiger partial charge is 0.143 e. The molecule has 90 valence electrons. The highest BCUT2D eigenvalue weighted by Gasteiger charge is 2.15.